The number of halogens is 1. The second-order valence-electron chi connectivity index (χ2n) is 7.02. The molecule has 0 radical (unpaired) electrons. The van der Waals surface area contributed by atoms with E-state index in [1.54, 1.807) is 29.7 Å². The highest BCUT2D eigenvalue weighted by atomic mass is 32.1. The molecule has 2 unspecified atom stereocenters. The second kappa shape index (κ2) is 7.71. The van der Waals surface area contributed by atoms with Crippen LogP contribution in [0.25, 0.3) is 10.6 Å². The number of hydrogen-bond acceptors (Lipinski definition) is 4. The second-order valence-corrected chi connectivity index (χ2v) is 8.05. The number of rotatable bonds is 4. The van der Waals surface area contributed by atoms with Crippen LogP contribution in [0.1, 0.15) is 48.2 Å². The minimum atomic E-state index is -0.261. The Morgan fingerprint density at radius 2 is 2.14 bits per heavy atom. The van der Waals surface area contributed by atoms with Gasteiger partial charge in [-0.2, -0.15) is 0 Å². The summed E-state index contributed by atoms with van der Waals surface area (Å²) in [5, 5.41) is 6.90. The van der Waals surface area contributed by atoms with Gasteiger partial charge in [0.1, 0.15) is 16.6 Å². The standard InChI is InChI=1S/C20H22FN5OS/c1-12(18-22-10-11-26(18)2)23-20(27)25-16-5-3-4-15-17(16)28-19(24-15)13-6-8-14(21)9-7-13/h6-12,16H,3-5H2,1-2H3,(H2,23,25,27). The lowest BCUT2D eigenvalue weighted by Gasteiger charge is -2.23. The molecule has 0 bridgehead atoms. The van der Waals surface area contributed by atoms with Crippen LogP contribution in [-0.4, -0.2) is 20.6 Å². The smallest absolute Gasteiger partial charge is 0.315 e. The zero-order valence-electron chi connectivity index (χ0n) is 15.8. The molecular weight excluding hydrogens is 377 g/mol. The van der Waals surface area contributed by atoms with Crippen molar-refractivity contribution < 1.29 is 9.18 Å². The Kier molecular flexibility index (Phi) is 5.13. The van der Waals surface area contributed by atoms with Crippen molar-refractivity contribution in [2.75, 3.05) is 0 Å². The van der Waals surface area contributed by atoms with E-state index in [4.69, 9.17) is 4.98 Å². The topological polar surface area (TPSA) is 71.8 Å². The zero-order chi connectivity index (χ0) is 19.7. The molecule has 0 saturated heterocycles. The van der Waals surface area contributed by atoms with Gasteiger partial charge < -0.3 is 15.2 Å². The van der Waals surface area contributed by atoms with Gasteiger partial charge in [0, 0.05) is 25.0 Å². The van der Waals surface area contributed by atoms with Crippen LogP contribution in [0.3, 0.4) is 0 Å². The van der Waals surface area contributed by atoms with Crippen molar-refractivity contribution in [3.63, 3.8) is 0 Å². The highest BCUT2D eigenvalue weighted by molar-refractivity contribution is 7.15. The number of fused-ring (bicyclic) bond motifs is 1. The maximum Gasteiger partial charge on any atom is 0.315 e. The molecule has 2 N–H and O–H groups in total. The molecular formula is C20H22FN5OS. The largest absolute Gasteiger partial charge is 0.336 e. The van der Waals surface area contributed by atoms with Crippen molar-refractivity contribution in [3.8, 4) is 10.6 Å². The first-order valence-corrected chi connectivity index (χ1v) is 10.1. The van der Waals surface area contributed by atoms with Gasteiger partial charge in [0.15, 0.2) is 0 Å². The van der Waals surface area contributed by atoms with Gasteiger partial charge in [0.05, 0.1) is 22.7 Å². The van der Waals surface area contributed by atoms with E-state index in [1.165, 1.54) is 12.1 Å². The lowest BCUT2D eigenvalue weighted by atomic mass is 9.98. The Balaban J connectivity index is 1.47. The highest BCUT2D eigenvalue weighted by Gasteiger charge is 2.27. The van der Waals surface area contributed by atoms with Gasteiger partial charge in [0.25, 0.3) is 0 Å². The fraction of sp³-hybridized carbons (Fsp3) is 0.350. The zero-order valence-corrected chi connectivity index (χ0v) is 16.6. The molecule has 1 aromatic carbocycles. The summed E-state index contributed by atoms with van der Waals surface area (Å²) in [5.74, 6) is 0.541. The number of carbonyl (C=O) groups is 1. The van der Waals surface area contributed by atoms with Crippen molar-refractivity contribution in [1.29, 1.82) is 0 Å². The molecule has 1 aliphatic carbocycles. The molecule has 0 saturated carbocycles. The normalized spacial score (nSPS) is 17.0. The number of amides is 2. The lowest BCUT2D eigenvalue weighted by molar-refractivity contribution is 0.232. The summed E-state index contributed by atoms with van der Waals surface area (Å²) in [6.07, 6.45) is 6.32. The van der Waals surface area contributed by atoms with Crippen LogP contribution in [0.5, 0.6) is 0 Å². The van der Waals surface area contributed by atoms with Crippen LogP contribution < -0.4 is 10.6 Å². The quantitative estimate of drug-likeness (QED) is 0.693. The van der Waals surface area contributed by atoms with Gasteiger partial charge >= 0.3 is 6.03 Å². The van der Waals surface area contributed by atoms with E-state index in [0.717, 1.165) is 46.2 Å². The predicted octanol–water partition coefficient (Wildman–Crippen LogP) is 4.12. The molecule has 0 aliphatic heterocycles. The molecule has 2 atom stereocenters. The first-order chi connectivity index (χ1) is 13.5. The predicted molar refractivity (Wildman–Crippen MR) is 106 cm³/mol. The molecule has 2 aromatic heterocycles. The van der Waals surface area contributed by atoms with Crippen molar-refractivity contribution in [2.45, 2.75) is 38.3 Å². The number of aromatic nitrogens is 3. The third kappa shape index (κ3) is 3.77. The van der Waals surface area contributed by atoms with Crippen LogP contribution in [-0.2, 0) is 13.5 Å². The molecule has 28 heavy (non-hydrogen) atoms. The summed E-state index contributed by atoms with van der Waals surface area (Å²) >= 11 is 1.57. The van der Waals surface area contributed by atoms with Gasteiger partial charge in [-0.25, -0.2) is 19.2 Å². The minimum absolute atomic E-state index is 0.0657. The van der Waals surface area contributed by atoms with E-state index in [2.05, 4.69) is 15.6 Å². The lowest BCUT2D eigenvalue weighted by Crippen LogP contribution is -2.40. The molecule has 0 fully saturated rings. The van der Waals surface area contributed by atoms with Crippen LogP contribution >= 0.6 is 11.3 Å². The summed E-state index contributed by atoms with van der Waals surface area (Å²) in [5.41, 5.74) is 1.92. The van der Waals surface area contributed by atoms with E-state index in [-0.39, 0.29) is 23.9 Å². The fourth-order valence-electron chi connectivity index (χ4n) is 3.53. The van der Waals surface area contributed by atoms with E-state index in [9.17, 15) is 9.18 Å². The van der Waals surface area contributed by atoms with Gasteiger partial charge in [0.2, 0.25) is 0 Å². The number of aryl methyl sites for hydroxylation is 2. The van der Waals surface area contributed by atoms with Crippen molar-refractivity contribution in [1.82, 2.24) is 25.2 Å². The number of nitrogens with one attached hydrogen (secondary N) is 2. The Hall–Kier alpha value is -2.74. The molecule has 8 heteroatoms. The monoisotopic (exact) mass is 399 g/mol. The number of thiazole rings is 1. The first kappa shape index (κ1) is 18.6. The number of urea groups is 1. The van der Waals surface area contributed by atoms with Gasteiger partial charge in [-0.1, -0.05) is 0 Å². The Labute approximate surface area is 166 Å². The van der Waals surface area contributed by atoms with E-state index in [0.29, 0.717) is 0 Å². The molecule has 1 aliphatic rings. The molecule has 2 heterocycles. The molecule has 6 nitrogen and oxygen atoms in total. The summed E-state index contributed by atoms with van der Waals surface area (Å²) in [6, 6.07) is 5.89. The van der Waals surface area contributed by atoms with E-state index >= 15 is 0 Å². The third-order valence-corrected chi connectivity index (χ3v) is 6.20. The van der Waals surface area contributed by atoms with Crippen molar-refractivity contribution >= 4 is 17.4 Å². The molecule has 0 spiro atoms. The van der Waals surface area contributed by atoms with Crippen LogP contribution in [0.4, 0.5) is 9.18 Å². The molecule has 4 rings (SSSR count). The SMILES string of the molecule is CC(NC(=O)NC1CCCc2nc(-c3ccc(F)cc3)sc21)c1nccn1C. The maximum absolute atomic E-state index is 13.2. The van der Waals surface area contributed by atoms with E-state index < -0.39 is 0 Å². The number of nitrogens with zero attached hydrogens (tertiary/aromatic N) is 3. The molecule has 2 amide bonds. The van der Waals surface area contributed by atoms with Gasteiger partial charge in [-0.05, 0) is 50.5 Å². The Morgan fingerprint density at radius 1 is 1.36 bits per heavy atom. The van der Waals surface area contributed by atoms with Gasteiger partial charge in [-0.15, -0.1) is 11.3 Å². The van der Waals surface area contributed by atoms with E-state index in [1.807, 2.05) is 24.7 Å². The Bertz CT molecular complexity index is 981. The van der Waals surface area contributed by atoms with Crippen molar-refractivity contribution in [3.05, 3.63) is 58.9 Å². The summed E-state index contributed by atoms with van der Waals surface area (Å²) in [6.45, 7) is 1.91. The number of imidazole rings is 1. The maximum atomic E-state index is 13.2. The van der Waals surface area contributed by atoms with Crippen LogP contribution in [0, 0.1) is 5.82 Å². The molecule has 3 aromatic rings. The number of benzene rings is 1. The summed E-state index contributed by atoms with van der Waals surface area (Å²) in [4.78, 5) is 22.6. The van der Waals surface area contributed by atoms with Crippen molar-refractivity contribution in [2.24, 2.45) is 7.05 Å². The van der Waals surface area contributed by atoms with Crippen LogP contribution in [0.15, 0.2) is 36.7 Å². The fourth-order valence-corrected chi connectivity index (χ4v) is 4.73. The number of carbonyl (C=O) groups excluding carboxylic acids is 1. The highest BCUT2D eigenvalue weighted by Crippen LogP contribution is 2.38. The Morgan fingerprint density at radius 3 is 2.86 bits per heavy atom. The van der Waals surface area contributed by atoms with Crippen LogP contribution in [0.2, 0.25) is 0 Å². The summed E-state index contributed by atoms with van der Waals surface area (Å²) < 4.78 is 15.1. The molecule has 146 valence electrons. The average molecular weight is 399 g/mol. The van der Waals surface area contributed by atoms with Gasteiger partial charge in [-0.3, -0.25) is 0 Å². The summed E-state index contributed by atoms with van der Waals surface area (Å²) in [7, 11) is 1.90. The third-order valence-electron chi connectivity index (χ3n) is 4.94. The number of hydrogen-bond donors (Lipinski definition) is 2. The minimum Gasteiger partial charge on any atom is -0.336 e. The first-order valence-electron chi connectivity index (χ1n) is 9.31. The average Bonchev–Trinajstić information content (AvgIpc) is 3.29.